The number of aromatic nitrogens is 1. The number of benzene rings is 1. The van der Waals surface area contributed by atoms with Crippen LogP contribution < -0.4 is 0 Å². The molecule has 2 aliphatic carbocycles. The van der Waals surface area contributed by atoms with Crippen LogP contribution in [0.5, 0.6) is 0 Å². The van der Waals surface area contributed by atoms with Crippen molar-refractivity contribution >= 4 is 0 Å². The van der Waals surface area contributed by atoms with E-state index in [0.717, 1.165) is 17.5 Å². The molecule has 0 amide bonds. The van der Waals surface area contributed by atoms with Crippen LogP contribution in [0.15, 0.2) is 36.5 Å². The Kier molecular flexibility index (Phi) is 8.38. The first-order valence-corrected chi connectivity index (χ1v) is 13.4. The third-order valence-corrected chi connectivity index (χ3v) is 8.35. The minimum Gasteiger partial charge on any atom is -0.256 e. The average molecular weight is 436 g/mol. The Morgan fingerprint density at radius 3 is 1.94 bits per heavy atom. The molecule has 2 saturated carbocycles. The molecule has 174 valence electrons. The molecular formula is C30H42FN. The molecule has 1 aromatic heterocycles. The summed E-state index contributed by atoms with van der Waals surface area (Å²) in [6, 6.07) is 10.1. The topological polar surface area (TPSA) is 12.9 Å². The summed E-state index contributed by atoms with van der Waals surface area (Å²) in [5.41, 5.74) is 3.92. The zero-order chi connectivity index (χ0) is 22.3. The average Bonchev–Trinajstić information content (AvgIpc) is 2.84. The fraction of sp³-hybridized carbons (Fsp3) is 0.633. The van der Waals surface area contributed by atoms with Gasteiger partial charge in [0.05, 0.1) is 5.69 Å². The summed E-state index contributed by atoms with van der Waals surface area (Å²) in [5, 5.41) is 0. The number of nitrogens with zero attached hydrogens (tertiary/aromatic N) is 1. The first kappa shape index (κ1) is 23.5. The molecule has 2 fully saturated rings. The molecule has 1 nitrogen and oxygen atoms in total. The van der Waals surface area contributed by atoms with E-state index in [1.54, 1.807) is 6.07 Å². The number of hydrogen-bond acceptors (Lipinski definition) is 1. The molecular weight excluding hydrogens is 393 g/mol. The number of halogens is 1. The van der Waals surface area contributed by atoms with Crippen molar-refractivity contribution in [2.45, 2.75) is 109 Å². The van der Waals surface area contributed by atoms with E-state index in [1.165, 1.54) is 94.6 Å². The van der Waals surface area contributed by atoms with Gasteiger partial charge in [-0.3, -0.25) is 4.98 Å². The predicted octanol–water partition coefficient (Wildman–Crippen LogP) is 9.43. The van der Waals surface area contributed by atoms with Crippen LogP contribution >= 0.6 is 0 Å². The minimum absolute atomic E-state index is 0.116. The van der Waals surface area contributed by atoms with Gasteiger partial charge in [0.2, 0.25) is 0 Å². The third kappa shape index (κ3) is 5.80. The van der Waals surface area contributed by atoms with Gasteiger partial charge < -0.3 is 0 Å². The molecule has 0 spiro atoms. The SMILES string of the molecule is CCCC[C@H]1CC[C@H](c2ccc(-c3ccc([C@H]4CC[C@H](CCC)CC4)cc3F)nc2)CC1. The van der Waals surface area contributed by atoms with E-state index in [1.807, 2.05) is 18.3 Å². The second-order valence-electron chi connectivity index (χ2n) is 10.6. The zero-order valence-corrected chi connectivity index (χ0v) is 20.3. The van der Waals surface area contributed by atoms with Gasteiger partial charge in [0.25, 0.3) is 0 Å². The molecule has 32 heavy (non-hydrogen) atoms. The van der Waals surface area contributed by atoms with Crippen molar-refractivity contribution < 1.29 is 4.39 Å². The van der Waals surface area contributed by atoms with Gasteiger partial charge in [0.15, 0.2) is 0 Å². The summed E-state index contributed by atoms with van der Waals surface area (Å²) < 4.78 is 15.0. The predicted molar refractivity (Wildman–Crippen MR) is 133 cm³/mol. The van der Waals surface area contributed by atoms with Crippen molar-refractivity contribution in [1.82, 2.24) is 4.98 Å². The normalized spacial score (nSPS) is 26.2. The summed E-state index contributed by atoms with van der Waals surface area (Å²) in [6.07, 6.45) is 19.0. The second-order valence-corrected chi connectivity index (χ2v) is 10.6. The Morgan fingerprint density at radius 2 is 1.38 bits per heavy atom. The molecule has 0 atom stereocenters. The van der Waals surface area contributed by atoms with Crippen LogP contribution in [0, 0.1) is 17.7 Å². The van der Waals surface area contributed by atoms with Gasteiger partial charge >= 0.3 is 0 Å². The van der Waals surface area contributed by atoms with E-state index in [4.69, 9.17) is 0 Å². The number of rotatable bonds is 8. The van der Waals surface area contributed by atoms with Gasteiger partial charge in [-0.1, -0.05) is 58.1 Å². The zero-order valence-electron chi connectivity index (χ0n) is 20.3. The maximum Gasteiger partial charge on any atom is 0.132 e. The van der Waals surface area contributed by atoms with Crippen LogP contribution in [0.25, 0.3) is 11.3 Å². The van der Waals surface area contributed by atoms with E-state index in [9.17, 15) is 0 Å². The maximum atomic E-state index is 15.0. The summed E-state index contributed by atoms with van der Waals surface area (Å²) in [5.74, 6) is 2.84. The lowest BCUT2D eigenvalue weighted by Crippen LogP contribution is -2.13. The number of pyridine rings is 1. The molecule has 2 aliphatic rings. The van der Waals surface area contributed by atoms with E-state index >= 15 is 4.39 Å². The van der Waals surface area contributed by atoms with Gasteiger partial charge in [0.1, 0.15) is 5.82 Å². The molecule has 0 unspecified atom stereocenters. The van der Waals surface area contributed by atoms with E-state index in [0.29, 0.717) is 17.4 Å². The summed E-state index contributed by atoms with van der Waals surface area (Å²) in [6.45, 7) is 4.56. The highest BCUT2D eigenvalue weighted by Crippen LogP contribution is 2.40. The Bertz CT molecular complexity index is 826. The van der Waals surface area contributed by atoms with Gasteiger partial charge in [-0.2, -0.15) is 0 Å². The quantitative estimate of drug-likeness (QED) is 0.402. The number of unbranched alkanes of at least 4 members (excludes halogenated alkanes) is 1. The van der Waals surface area contributed by atoms with Gasteiger partial charge in [-0.15, -0.1) is 0 Å². The molecule has 0 saturated heterocycles. The van der Waals surface area contributed by atoms with Gasteiger partial charge in [0, 0.05) is 11.8 Å². The van der Waals surface area contributed by atoms with Crippen molar-refractivity contribution in [2.24, 2.45) is 11.8 Å². The molecule has 0 aliphatic heterocycles. The van der Waals surface area contributed by atoms with Crippen LogP contribution in [-0.4, -0.2) is 4.98 Å². The highest BCUT2D eigenvalue weighted by molar-refractivity contribution is 5.60. The van der Waals surface area contributed by atoms with Crippen LogP contribution in [0.3, 0.4) is 0 Å². The fourth-order valence-corrected chi connectivity index (χ4v) is 6.27. The van der Waals surface area contributed by atoms with Crippen LogP contribution in [0.4, 0.5) is 4.39 Å². The summed E-state index contributed by atoms with van der Waals surface area (Å²) in [4.78, 5) is 4.69. The Hall–Kier alpha value is -1.70. The van der Waals surface area contributed by atoms with Crippen molar-refractivity contribution in [3.05, 3.63) is 53.5 Å². The molecule has 0 bridgehead atoms. The third-order valence-electron chi connectivity index (χ3n) is 8.35. The molecule has 4 rings (SSSR count). The Balaban J connectivity index is 1.36. The smallest absolute Gasteiger partial charge is 0.132 e. The van der Waals surface area contributed by atoms with Crippen molar-refractivity contribution in [1.29, 1.82) is 0 Å². The van der Waals surface area contributed by atoms with E-state index < -0.39 is 0 Å². The second kappa shape index (κ2) is 11.4. The standard InChI is InChI=1S/C30H42FN/c1-3-5-7-23-10-14-25(15-11-23)27-17-19-30(32-21-27)28-18-16-26(20-29(28)31)24-12-8-22(6-4-2)9-13-24/h16-25H,3-15H2,1-2H3/t22-,23-,24-,25-. The first-order valence-electron chi connectivity index (χ1n) is 13.4. The highest BCUT2D eigenvalue weighted by Gasteiger charge is 2.24. The van der Waals surface area contributed by atoms with Crippen LogP contribution in [0.1, 0.15) is 120 Å². The monoisotopic (exact) mass is 435 g/mol. The van der Waals surface area contributed by atoms with Crippen LogP contribution in [-0.2, 0) is 0 Å². The molecule has 2 heteroatoms. The van der Waals surface area contributed by atoms with Gasteiger partial charge in [-0.05, 0) is 104 Å². The minimum atomic E-state index is -0.116. The lowest BCUT2D eigenvalue weighted by atomic mass is 9.77. The maximum absolute atomic E-state index is 15.0. The van der Waals surface area contributed by atoms with Crippen LogP contribution in [0.2, 0.25) is 0 Å². The number of hydrogen-bond donors (Lipinski definition) is 0. The molecule has 0 radical (unpaired) electrons. The lowest BCUT2D eigenvalue weighted by molar-refractivity contribution is 0.304. The van der Waals surface area contributed by atoms with E-state index in [2.05, 4.69) is 31.0 Å². The molecule has 2 aromatic rings. The largest absolute Gasteiger partial charge is 0.256 e. The fourth-order valence-electron chi connectivity index (χ4n) is 6.27. The summed E-state index contributed by atoms with van der Waals surface area (Å²) >= 11 is 0. The van der Waals surface area contributed by atoms with Crippen molar-refractivity contribution in [2.75, 3.05) is 0 Å². The summed E-state index contributed by atoms with van der Waals surface area (Å²) in [7, 11) is 0. The van der Waals surface area contributed by atoms with Gasteiger partial charge in [-0.25, -0.2) is 4.39 Å². The Morgan fingerprint density at radius 1 is 0.750 bits per heavy atom. The van der Waals surface area contributed by atoms with E-state index in [-0.39, 0.29) is 5.82 Å². The Labute approximate surface area is 195 Å². The molecule has 1 heterocycles. The van der Waals surface area contributed by atoms with Crippen molar-refractivity contribution in [3.63, 3.8) is 0 Å². The first-order chi connectivity index (χ1) is 15.7. The molecule has 0 N–H and O–H groups in total. The molecule has 1 aromatic carbocycles. The highest BCUT2D eigenvalue weighted by atomic mass is 19.1. The lowest BCUT2D eigenvalue weighted by Gasteiger charge is -2.29. The van der Waals surface area contributed by atoms with Crippen molar-refractivity contribution in [3.8, 4) is 11.3 Å².